The van der Waals surface area contributed by atoms with Crippen LogP contribution in [-0.2, 0) is 22.6 Å². The van der Waals surface area contributed by atoms with Gasteiger partial charge in [-0.15, -0.1) is 0 Å². The largest absolute Gasteiger partial charge is 0.619 e. The maximum Gasteiger partial charge on any atom is 0.254 e. The van der Waals surface area contributed by atoms with Crippen LogP contribution in [0.25, 0.3) is 0 Å². The summed E-state index contributed by atoms with van der Waals surface area (Å²) in [6.07, 6.45) is 2.72. The summed E-state index contributed by atoms with van der Waals surface area (Å²) in [4.78, 5) is 29.3. The van der Waals surface area contributed by atoms with E-state index in [0.717, 1.165) is 5.56 Å². The monoisotopic (exact) mass is 463 g/mol. The molecule has 0 bridgehead atoms. The number of rotatable bonds is 7. The van der Waals surface area contributed by atoms with Crippen LogP contribution < -0.4 is 4.73 Å². The van der Waals surface area contributed by atoms with Crippen LogP contribution in [0.3, 0.4) is 0 Å². The molecule has 2 aromatic carbocycles. The predicted molar refractivity (Wildman–Crippen MR) is 123 cm³/mol. The fraction of sp³-hybridized carbons (Fsp3) is 0.269. The summed E-state index contributed by atoms with van der Waals surface area (Å²) >= 11 is 0. The fourth-order valence-electron chi connectivity index (χ4n) is 3.94. The van der Waals surface area contributed by atoms with Crippen molar-refractivity contribution in [1.82, 2.24) is 9.80 Å². The van der Waals surface area contributed by atoms with Gasteiger partial charge >= 0.3 is 0 Å². The van der Waals surface area contributed by atoms with Crippen LogP contribution in [0.15, 0.2) is 79.1 Å². The number of halogens is 1. The maximum atomic E-state index is 13.6. The standard InChI is InChI=1S/C26H26FN3O4/c27-23-8-4-7-21(15-23)19-34-24-16-28(12-9-20-5-2-1-3-6-20)25(31)18-29(17-24)26(32)22-10-13-30(33)14-11-22/h1-8,10-11,13-15,24H,9,12,16-19H2. The summed E-state index contributed by atoms with van der Waals surface area (Å²) in [7, 11) is 0. The molecule has 0 N–H and O–H groups in total. The zero-order valence-corrected chi connectivity index (χ0v) is 18.7. The molecule has 0 spiro atoms. The quantitative estimate of drug-likeness (QED) is 0.399. The van der Waals surface area contributed by atoms with E-state index in [4.69, 9.17) is 4.74 Å². The number of ether oxygens (including phenoxy) is 1. The summed E-state index contributed by atoms with van der Waals surface area (Å²) in [6.45, 7) is 1.09. The third-order valence-corrected chi connectivity index (χ3v) is 5.75. The number of hydrogen-bond acceptors (Lipinski definition) is 4. The van der Waals surface area contributed by atoms with Crippen molar-refractivity contribution in [2.75, 3.05) is 26.2 Å². The number of hydrogen-bond donors (Lipinski definition) is 0. The molecule has 3 aromatic rings. The first kappa shape index (κ1) is 23.4. The Morgan fingerprint density at radius 1 is 1.03 bits per heavy atom. The van der Waals surface area contributed by atoms with Crippen molar-refractivity contribution in [1.29, 1.82) is 0 Å². The molecule has 7 nitrogen and oxygen atoms in total. The van der Waals surface area contributed by atoms with Crippen molar-refractivity contribution >= 4 is 11.8 Å². The molecule has 1 fully saturated rings. The number of carbonyl (C=O) groups is 2. The van der Waals surface area contributed by atoms with Gasteiger partial charge in [0, 0.05) is 31.8 Å². The number of carbonyl (C=O) groups excluding carboxylic acids is 2. The highest BCUT2D eigenvalue weighted by atomic mass is 19.1. The van der Waals surface area contributed by atoms with E-state index in [0.29, 0.717) is 35.4 Å². The van der Waals surface area contributed by atoms with Gasteiger partial charge in [-0.2, -0.15) is 4.73 Å². The van der Waals surface area contributed by atoms with E-state index in [1.807, 2.05) is 30.3 Å². The van der Waals surface area contributed by atoms with Crippen LogP contribution in [0.2, 0.25) is 0 Å². The summed E-state index contributed by atoms with van der Waals surface area (Å²) in [5, 5.41) is 11.3. The Bertz CT molecular complexity index is 1120. The van der Waals surface area contributed by atoms with E-state index < -0.39 is 6.10 Å². The molecular weight excluding hydrogens is 437 g/mol. The lowest BCUT2D eigenvalue weighted by molar-refractivity contribution is -0.605. The van der Waals surface area contributed by atoms with Crippen molar-refractivity contribution < 1.29 is 23.4 Å². The predicted octanol–water partition coefficient (Wildman–Crippen LogP) is 2.57. The smallest absolute Gasteiger partial charge is 0.254 e. The Balaban J connectivity index is 1.50. The van der Waals surface area contributed by atoms with Gasteiger partial charge in [0.15, 0.2) is 12.4 Å². The first-order valence-electron chi connectivity index (χ1n) is 11.1. The minimum absolute atomic E-state index is 0.0836. The van der Waals surface area contributed by atoms with Crippen molar-refractivity contribution in [3.8, 4) is 0 Å². The number of pyridine rings is 1. The van der Waals surface area contributed by atoms with Gasteiger partial charge in [-0.25, -0.2) is 4.39 Å². The molecule has 1 aromatic heterocycles. The van der Waals surface area contributed by atoms with E-state index in [1.165, 1.54) is 41.6 Å². The maximum absolute atomic E-state index is 13.6. The van der Waals surface area contributed by atoms with E-state index in [2.05, 4.69) is 0 Å². The van der Waals surface area contributed by atoms with Crippen LogP contribution in [0.4, 0.5) is 4.39 Å². The van der Waals surface area contributed by atoms with Gasteiger partial charge < -0.3 is 19.7 Å². The van der Waals surface area contributed by atoms with Gasteiger partial charge in [-0.05, 0) is 29.7 Å². The van der Waals surface area contributed by atoms with Gasteiger partial charge in [-0.3, -0.25) is 9.59 Å². The molecule has 8 heteroatoms. The minimum Gasteiger partial charge on any atom is -0.619 e. The fourth-order valence-corrected chi connectivity index (χ4v) is 3.94. The highest BCUT2D eigenvalue weighted by Crippen LogP contribution is 2.15. The topological polar surface area (TPSA) is 76.8 Å². The molecule has 4 rings (SSSR count). The summed E-state index contributed by atoms with van der Waals surface area (Å²) in [5.41, 5.74) is 2.11. The lowest BCUT2D eigenvalue weighted by Gasteiger charge is -2.25. The SMILES string of the molecule is O=C1CN(C(=O)c2cc[n+]([O-])cc2)CC(OCc2cccc(F)c2)CN1CCc1ccccc1. The van der Waals surface area contributed by atoms with Crippen molar-refractivity contribution in [2.45, 2.75) is 19.1 Å². The normalized spacial score (nSPS) is 16.4. The van der Waals surface area contributed by atoms with Gasteiger partial charge in [0.05, 0.1) is 18.3 Å². The van der Waals surface area contributed by atoms with E-state index >= 15 is 0 Å². The Labute approximate surface area is 197 Å². The molecule has 34 heavy (non-hydrogen) atoms. The first-order valence-corrected chi connectivity index (χ1v) is 11.1. The molecule has 2 heterocycles. The Kier molecular flexibility index (Phi) is 7.49. The molecule has 1 saturated heterocycles. The third kappa shape index (κ3) is 6.17. The van der Waals surface area contributed by atoms with Crippen LogP contribution in [0, 0.1) is 11.0 Å². The molecule has 0 radical (unpaired) electrons. The molecule has 2 amide bonds. The van der Waals surface area contributed by atoms with Gasteiger partial charge in [0.25, 0.3) is 5.91 Å². The Hall–Kier alpha value is -3.78. The van der Waals surface area contributed by atoms with Crippen LogP contribution in [-0.4, -0.2) is 53.9 Å². The van der Waals surface area contributed by atoms with Crippen molar-refractivity contribution in [3.63, 3.8) is 0 Å². The highest BCUT2D eigenvalue weighted by molar-refractivity contribution is 5.96. The number of aromatic nitrogens is 1. The van der Waals surface area contributed by atoms with Crippen molar-refractivity contribution in [3.05, 3.63) is 107 Å². The van der Waals surface area contributed by atoms with Gasteiger partial charge in [0.1, 0.15) is 12.4 Å². The van der Waals surface area contributed by atoms with Crippen LogP contribution in [0.5, 0.6) is 0 Å². The molecule has 176 valence electrons. The summed E-state index contributed by atoms with van der Waals surface area (Å²) in [6, 6.07) is 18.9. The molecule has 1 unspecified atom stereocenters. The number of nitrogens with zero attached hydrogens (tertiary/aromatic N) is 3. The second-order valence-corrected chi connectivity index (χ2v) is 8.27. The third-order valence-electron chi connectivity index (χ3n) is 5.75. The molecule has 1 aliphatic heterocycles. The summed E-state index contributed by atoms with van der Waals surface area (Å²) < 4.78 is 20.2. The lowest BCUT2D eigenvalue weighted by Crippen LogP contribution is -2.40. The highest BCUT2D eigenvalue weighted by Gasteiger charge is 2.31. The zero-order chi connectivity index (χ0) is 23.9. The number of benzene rings is 2. The van der Waals surface area contributed by atoms with Gasteiger partial charge in [-0.1, -0.05) is 42.5 Å². The first-order chi connectivity index (χ1) is 16.5. The summed E-state index contributed by atoms with van der Waals surface area (Å²) in [5.74, 6) is -0.868. The molecule has 0 saturated carbocycles. The Morgan fingerprint density at radius 2 is 1.76 bits per heavy atom. The zero-order valence-electron chi connectivity index (χ0n) is 18.7. The second-order valence-electron chi connectivity index (χ2n) is 8.27. The average Bonchev–Trinajstić information content (AvgIpc) is 3.00. The van der Waals surface area contributed by atoms with Gasteiger partial charge in [0.2, 0.25) is 5.91 Å². The van der Waals surface area contributed by atoms with E-state index in [1.54, 1.807) is 17.0 Å². The molecule has 1 atom stereocenters. The average molecular weight is 464 g/mol. The van der Waals surface area contributed by atoms with Crippen LogP contribution >= 0.6 is 0 Å². The molecule has 1 aliphatic rings. The van der Waals surface area contributed by atoms with E-state index in [9.17, 15) is 19.2 Å². The second kappa shape index (κ2) is 10.9. The lowest BCUT2D eigenvalue weighted by atomic mass is 10.1. The van der Waals surface area contributed by atoms with E-state index in [-0.39, 0.29) is 37.3 Å². The Morgan fingerprint density at radius 3 is 2.50 bits per heavy atom. The van der Waals surface area contributed by atoms with Crippen molar-refractivity contribution in [2.24, 2.45) is 0 Å². The molecule has 0 aliphatic carbocycles. The molecular formula is C26H26FN3O4. The number of amides is 2. The van der Waals surface area contributed by atoms with Crippen LogP contribution in [0.1, 0.15) is 21.5 Å². The minimum atomic E-state index is -0.456.